The van der Waals surface area contributed by atoms with Gasteiger partial charge in [-0.1, -0.05) is 82.4 Å². The first-order valence-electron chi connectivity index (χ1n) is 9.39. The average Bonchev–Trinajstić information content (AvgIpc) is 2.52. The highest BCUT2D eigenvalue weighted by Gasteiger charge is 2.40. The highest BCUT2D eigenvalue weighted by molar-refractivity contribution is 6.95. The lowest BCUT2D eigenvalue weighted by Gasteiger charge is -2.43. The van der Waals surface area contributed by atoms with Gasteiger partial charge in [0, 0.05) is 34.6 Å². The van der Waals surface area contributed by atoms with Crippen LogP contribution in [0.25, 0.3) is 0 Å². The number of rotatable bonds is 7. The fourth-order valence-corrected chi connectivity index (χ4v) is 6.33. The Bertz CT molecular complexity index is 643. The molecule has 1 rings (SSSR count). The molecule has 1 aromatic carbocycles. The van der Waals surface area contributed by atoms with Gasteiger partial charge >= 0.3 is 0 Å². The Morgan fingerprint density at radius 1 is 0.962 bits per heavy atom. The number of carbonyl (C=O) groups excluding carboxylic acids is 1. The van der Waals surface area contributed by atoms with Crippen molar-refractivity contribution in [2.75, 3.05) is 28.2 Å². The van der Waals surface area contributed by atoms with E-state index in [1.165, 1.54) is 10.5 Å². The fourth-order valence-electron chi connectivity index (χ4n) is 3.17. The molecular weight excluding hydrogens is 336 g/mol. The molecule has 0 bridgehead atoms. The summed E-state index contributed by atoms with van der Waals surface area (Å²) in [5.74, 6) is 0.183. The minimum absolute atomic E-state index is 0.114. The molecule has 0 aromatic heterocycles. The zero-order chi connectivity index (χ0) is 20.3. The third kappa shape index (κ3) is 5.00. The van der Waals surface area contributed by atoms with E-state index in [-0.39, 0.29) is 16.7 Å². The molecule has 1 aromatic rings. The van der Waals surface area contributed by atoms with Crippen molar-refractivity contribution >= 4 is 19.2 Å². The van der Waals surface area contributed by atoms with E-state index in [2.05, 4.69) is 96.2 Å². The van der Waals surface area contributed by atoms with E-state index in [9.17, 15) is 4.79 Å². The maximum atomic E-state index is 12.3. The predicted octanol–water partition coefficient (Wildman–Crippen LogP) is 4.12. The molecule has 26 heavy (non-hydrogen) atoms. The smallest absolute Gasteiger partial charge is 0.222 e. The largest absolute Gasteiger partial charge is 0.384 e. The molecule has 0 atom stereocenters. The van der Waals surface area contributed by atoms with E-state index >= 15 is 0 Å². The zero-order valence-corrected chi connectivity index (χ0v) is 19.5. The van der Waals surface area contributed by atoms with Crippen LogP contribution >= 0.6 is 0 Å². The molecule has 0 aliphatic carbocycles. The molecule has 1 amide bonds. The van der Waals surface area contributed by atoms with E-state index in [1.54, 1.807) is 4.90 Å². The van der Waals surface area contributed by atoms with Gasteiger partial charge in [0.1, 0.15) is 8.07 Å². The van der Waals surface area contributed by atoms with Gasteiger partial charge in [-0.2, -0.15) is 0 Å². The summed E-state index contributed by atoms with van der Waals surface area (Å²) >= 11 is 0. The molecule has 0 aliphatic rings. The quantitative estimate of drug-likeness (QED) is 0.670. The van der Waals surface area contributed by atoms with E-state index < -0.39 is 8.07 Å². The molecule has 0 heterocycles. The molecule has 0 saturated heterocycles. The number of nitrogens with zero attached hydrogens (tertiary/aromatic N) is 2. The van der Waals surface area contributed by atoms with Crippen molar-refractivity contribution < 1.29 is 4.79 Å². The first kappa shape index (κ1) is 22.5. The fraction of sp³-hybridized carbons (Fsp3) is 0.591. The first-order valence-corrected chi connectivity index (χ1v) is 12.4. The van der Waals surface area contributed by atoms with Crippen LogP contribution in [0.15, 0.2) is 41.7 Å². The minimum Gasteiger partial charge on any atom is -0.384 e. The lowest BCUT2D eigenvalue weighted by molar-refractivity contribution is -0.132. The number of benzene rings is 1. The van der Waals surface area contributed by atoms with Gasteiger partial charge in [0.2, 0.25) is 5.91 Å². The van der Waals surface area contributed by atoms with Crippen molar-refractivity contribution in [1.29, 1.82) is 0 Å². The van der Waals surface area contributed by atoms with Crippen molar-refractivity contribution in [2.45, 2.75) is 47.2 Å². The van der Waals surface area contributed by atoms with Gasteiger partial charge in [-0.3, -0.25) is 4.79 Å². The van der Waals surface area contributed by atoms with Crippen LogP contribution in [0.3, 0.4) is 0 Å². The molecule has 4 heteroatoms. The normalized spacial score (nSPS) is 13.5. The van der Waals surface area contributed by atoms with Crippen LogP contribution in [-0.4, -0.2) is 52.0 Å². The van der Waals surface area contributed by atoms with E-state index in [4.69, 9.17) is 0 Å². The number of hydrogen-bond acceptors (Lipinski definition) is 2. The molecule has 0 unspecified atom stereocenters. The van der Waals surface area contributed by atoms with Crippen LogP contribution in [-0.2, 0) is 4.79 Å². The molecule has 0 fully saturated rings. The Morgan fingerprint density at radius 3 is 1.88 bits per heavy atom. The Balaban J connectivity index is 3.35. The second kappa shape index (κ2) is 7.99. The average molecular weight is 375 g/mol. The minimum atomic E-state index is -1.83. The summed E-state index contributed by atoms with van der Waals surface area (Å²) in [6.45, 7) is 13.7. The van der Waals surface area contributed by atoms with Crippen LogP contribution < -0.4 is 5.19 Å². The summed E-state index contributed by atoms with van der Waals surface area (Å²) in [7, 11) is 6.10. The van der Waals surface area contributed by atoms with Crippen LogP contribution in [0.2, 0.25) is 13.1 Å². The van der Waals surface area contributed by atoms with Gasteiger partial charge in [0.05, 0.1) is 0 Å². The van der Waals surface area contributed by atoms with Gasteiger partial charge < -0.3 is 9.80 Å². The van der Waals surface area contributed by atoms with E-state index in [1.807, 2.05) is 14.1 Å². The third-order valence-corrected chi connectivity index (χ3v) is 9.60. The van der Waals surface area contributed by atoms with Crippen LogP contribution in [0.4, 0.5) is 0 Å². The molecule has 0 N–H and O–H groups in total. The lowest BCUT2D eigenvalue weighted by Crippen LogP contribution is -2.49. The van der Waals surface area contributed by atoms with E-state index in [0.29, 0.717) is 6.42 Å². The SMILES string of the molecule is CN(C)C(=O)CC(C)(C)C(C)(C)/C=C(\N(C)C)[Si](C)(C)c1ccccc1. The van der Waals surface area contributed by atoms with Gasteiger partial charge in [-0.25, -0.2) is 0 Å². The summed E-state index contributed by atoms with van der Waals surface area (Å²) in [4.78, 5) is 16.3. The topological polar surface area (TPSA) is 23.6 Å². The highest BCUT2D eigenvalue weighted by Crippen LogP contribution is 2.44. The summed E-state index contributed by atoms with van der Waals surface area (Å²) in [6.07, 6.45) is 2.96. The van der Waals surface area contributed by atoms with Gasteiger partial charge in [-0.05, 0) is 16.2 Å². The molecule has 0 spiro atoms. The second-order valence-electron chi connectivity index (χ2n) is 9.49. The molecule has 0 aliphatic heterocycles. The standard InChI is InChI=1S/C22H38N2OSi/c1-21(2,16-19(25)23(5)6)22(3,4)17-20(24(7)8)26(9,10)18-14-12-11-13-15-18/h11-15,17H,16H2,1-10H3/b20-17+. The summed E-state index contributed by atoms with van der Waals surface area (Å²) in [5.41, 5.74) is -0.256. The van der Waals surface area contributed by atoms with E-state index in [0.717, 1.165) is 0 Å². The van der Waals surface area contributed by atoms with Crippen LogP contribution in [0.1, 0.15) is 34.1 Å². The molecule has 0 saturated carbocycles. The predicted molar refractivity (Wildman–Crippen MR) is 116 cm³/mol. The molecule has 146 valence electrons. The Kier molecular flexibility index (Phi) is 6.91. The van der Waals surface area contributed by atoms with Crippen LogP contribution in [0, 0.1) is 10.8 Å². The van der Waals surface area contributed by atoms with Crippen molar-refractivity contribution in [3.05, 3.63) is 41.7 Å². The van der Waals surface area contributed by atoms with Gasteiger partial charge in [-0.15, -0.1) is 0 Å². The Hall–Kier alpha value is -1.55. The molecular formula is C22H38N2OSi. The van der Waals surface area contributed by atoms with Crippen molar-refractivity contribution in [1.82, 2.24) is 9.80 Å². The highest BCUT2D eigenvalue weighted by atomic mass is 28.3. The van der Waals surface area contributed by atoms with Crippen molar-refractivity contribution in [2.24, 2.45) is 10.8 Å². The molecule has 3 nitrogen and oxygen atoms in total. The number of allylic oxidation sites excluding steroid dienone is 1. The monoisotopic (exact) mass is 374 g/mol. The number of amides is 1. The molecule has 0 radical (unpaired) electrons. The van der Waals surface area contributed by atoms with Gasteiger partial charge in [0.25, 0.3) is 0 Å². The second-order valence-corrected chi connectivity index (χ2v) is 13.8. The number of hydrogen-bond donors (Lipinski definition) is 0. The maximum Gasteiger partial charge on any atom is 0.222 e. The van der Waals surface area contributed by atoms with Gasteiger partial charge in [0.15, 0.2) is 0 Å². The van der Waals surface area contributed by atoms with Crippen LogP contribution in [0.5, 0.6) is 0 Å². The number of carbonyl (C=O) groups is 1. The summed E-state index contributed by atoms with van der Waals surface area (Å²) in [6, 6.07) is 10.8. The lowest BCUT2D eigenvalue weighted by atomic mass is 9.66. The maximum absolute atomic E-state index is 12.3. The first-order chi connectivity index (χ1) is 11.7. The zero-order valence-electron chi connectivity index (χ0n) is 18.5. The third-order valence-electron chi connectivity index (χ3n) is 5.95. The Morgan fingerprint density at radius 2 is 1.46 bits per heavy atom. The summed E-state index contributed by atoms with van der Waals surface area (Å²) < 4.78 is 0. The Labute approximate surface area is 162 Å². The van der Waals surface area contributed by atoms with Crippen molar-refractivity contribution in [3.8, 4) is 0 Å². The van der Waals surface area contributed by atoms with Crippen molar-refractivity contribution in [3.63, 3.8) is 0 Å². The summed E-state index contributed by atoms with van der Waals surface area (Å²) in [5, 5.41) is 2.83.